The van der Waals surface area contributed by atoms with Gasteiger partial charge in [0.15, 0.2) is 9.88 Å². The second kappa shape index (κ2) is 4.80. The smallest absolute Gasteiger partial charge is 0.260 e. The average Bonchev–Trinajstić information content (AvgIpc) is 2.08. The van der Waals surface area contributed by atoms with E-state index in [1.165, 1.54) is 6.21 Å². The summed E-state index contributed by atoms with van der Waals surface area (Å²) in [6, 6.07) is 0. The van der Waals surface area contributed by atoms with Gasteiger partial charge in [-0.05, 0) is 31.4 Å². The van der Waals surface area contributed by atoms with Crippen LogP contribution in [0.5, 0.6) is 0 Å². The molecule has 0 spiro atoms. The van der Waals surface area contributed by atoms with Crippen LogP contribution in [-0.4, -0.2) is 21.3 Å². The Kier molecular flexibility index (Phi) is 3.69. The number of rotatable bonds is 2. The van der Waals surface area contributed by atoms with Crippen molar-refractivity contribution in [3.8, 4) is 0 Å². The molecule has 0 fully saturated rings. The predicted molar refractivity (Wildman–Crippen MR) is 64.5 cm³/mol. The molecule has 80 valence electrons. The molecular weight excluding hydrogens is 234 g/mol. The molecule has 8 heteroatoms. The summed E-state index contributed by atoms with van der Waals surface area (Å²) >= 11 is 9.33. The quantitative estimate of drug-likeness (QED) is 0.330. The lowest BCUT2D eigenvalue weighted by molar-refractivity contribution is 1.01. The van der Waals surface area contributed by atoms with E-state index in [9.17, 15) is 4.79 Å². The van der Waals surface area contributed by atoms with Crippen LogP contribution in [0.25, 0.3) is 0 Å². The van der Waals surface area contributed by atoms with Gasteiger partial charge in [0.1, 0.15) is 0 Å². The lowest BCUT2D eigenvalue weighted by Crippen LogP contribution is -2.25. The third-order valence-electron chi connectivity index (χ3n) is 1.55. The minimum absolute atomic E-state index is 0.0317. The first-order valence-corrected chi connectivity index (χ1v) is 4.74. The predicted octanol–water partition coefficient (Wildman–Crippen LogP) is -0.0920. The molecule has 5 N–H and O–H groups in total. The Labute approximate surface area is 95.6 Å². The number of hydrogen-bond acceptors (Lipinski definition) is 4. The summed E-state index contributed by atoms with van der Waals surface area (Å²) in [5, 5.41) is 3.71. The highest BCUT2D eigenvalue weighted by molar-refractivity contribution is 7.80. The highest BCUT2D eigenvalue weighted by atomic mass is 32.1. The summed E-state index contributed by atoms with van der Waals surface area (Å²) in [6.45, 7) is 1.72. The third-order valence-corrected chi connectivity index (χ3v) is 1.84. The summed E-state index contributed by atoms with van der Waals surface area (Å²) in [5.41, 5.74) is 8.18. The van der Waals surface area contributed by atoms with E-state index in [0.29, 0.717) is 11.3 Å². The fraction of sp³-hybridized carbons (Fsp3) is 0.143. The minimum Gasteiger partial charge on any atom is -0.375 e. The summed E-state index contributed by atoms with van der Waals surface area (Å²) in [5.74, 6) is 0. The highest BCUT2D eigenvalue weighted by Gasteiger charge is 2.00. The van der Waals surface area contributed by atoms with Crippen LogP contribution in [0.1, 0.15) is 11.3 Å². The number of H-pyrrole nitrogens is 2. The van der Waals surface area contributed by atoms with Crippen LogP contribution in [-0.2, 0) is 0 Å². The van der Waals surface area contributed by atoms with E-state index < -0.39 is 0 Å². The zero-order chi connectivity index (χ0) is 11.4. The molecule has 0 bridgehead atoms. The van der Waals surface area contributed by atoms with Crippen molar-refractivity contribution in [2.45, 2.75) is 6.92 Å². The van der Waals surface area contributed by atoms with Crippen molar-refractivity contribution in [1.82, 2.24) is 15.4 Å². The number of aromatic amines is 2. The summed E-state index contributed by atoms with van der Waals surface area (Å²) in [4.78, 5) is 16.6. The second-order valence-electron chi connectivity index (χ2n) is 2.68. The van der Waals surface area contributed by atoms with Gasteiger partial charge >= 0.3 is 0 Å². The van der Waals surface area contributed by atoms with E-state index in [4.69, 9.17) is 18.0 Å². The fourth-order valence-electron chi connectivity index (χ4n) is 0.926. The Morgan fingerprint density at radius 2 is 2.27 bits per heavy atom. The molecule has 0 saturated carbocycles. The molecule has 0 aliphatic heterocycles. The highest BCUT2D eigenvalue weighted by Crippen LogP contribution is 1.92. The number of aryl methyl sites for hydroxylation is 1. The van der Waals surface area contributed by atoms with Crippen molar-refractivity contribution < 1.29 is 0 Å². The zero-order valence-corrected chi connectivity index (χ0v) is 9.46. The summed E-state index contributed by atoms with van der Waals surface area (Å²) in [7, 11) is 0. The van der Waals surface area contributed by atoms with Crippen LogP contribution in [0, 0.1) is 11.7 Å². The molecule has 0 amide bonds. The van der Waals surface area contributed by atoms with Crippen LogP contribution in [0.3, 0.4) is 0 Å². The van der Waals surface area contributed by atoms with Crippen molar-refractivity contribution in [3.63, 3.8) is 0 Å². The van der Waals surface area contributed by atoms with E-state index in [2.05, 4.69) is 32.7 Å². The minimum atomic E-state index is -0.315. The maximum absolute atomic E-state index is 11.4. The maximum Gasteiger partial charge on any atom is 0.260 e. The Morgan fingerprint density at radius 3 is 2.80 bits per heavy atom. The van der Waals surface area contributed by atoms with Gasteiger partial charge in [-0.1, -0.05) is 0 Å². The average molecular weight is 243 g/mol. The molecule has 0 aliphatic rings. The van der Waals surface area contributed by atoms with Gasteiger partial charge in [0.25, 0.3) is 5.56 Å². The molecule has 0 unspecified atom stereocenters. The first-order chi connectivity index (χ1) is 7.00. The maximum atomic E-state index is 11.4. The van der Waals surface area contributed by atoms with E-state index in [1.54, 1.807) is 6.92 Å². The lowest BCUT2D eigenvalue weighted by atomic mass is 10.3. The van der Waals surface area contributed by atoms with Gasteiger partial charge in [-0.25, -0.2) is 0 Å². The Morgan fingerprint density at radius 1 is 1.60 bits per heavy atom. The molecule has 1 heterocycles. The Balaban J connectivity index is 3.05. The van der Waals surface area contributed by atoms with Crippen LogP contribution >= 0.6 is 24.4 Å². The van der Waals surface area contributed by atoms with Gasteiger partial charge in [0.2, 0.25) is 0 Å². The largest absolute Gasteiger partial charge is 0.375 e. The van der Waals surface area contributed by atoms with Gasteiger partial charge in [-0.2, -0.15) is 5.10 Å². The summed E-state index contributed by atoms with van der Waals surface area (Å²) in [6.07, 6.45) is 1.32. The van der Waals surface area contributed by atoms with E-state index in [0.717, 1.165) is 0 Å². The standard InChI is InChI=1S/C7H9N5OS2/c1-3-4(2-9-12-6(8)14)5(13)11-7(15)10-3/h2H,1H3,(H3,8,12,14)(H2,10,11,13,15). The normalized spacial score (nSPS) is 10.5. The van der Waals surface area contributed by atoms with Gasteiger partial charge in [0.05, 0.1) is 11.8 Å². The van der Waals surface area contributed by atoms with E-state index >= 15 is 0 Å². The molecule has 1 rings (SSSR count). The van der Waals surface area contributed by atoms with Crippen LogP contribution in [0.4, 0.5) is 0 Å². The van der Waals surface area contributed by atoms with Crippen molar-refractivity contribution in [1.29, 1.82) is 0 Å². The van der Waals surface area contributed by atoms with Crippen molar-refractivity contribution in [2.75, 3.05) is 0 Å². The molecule has 0 saturated heterocycles. The number of nitrogens with zero attached hydrogens (tertiary/aromatic N) is 1. The van der Waals surface area contributed by atoms with Gasteiger partial charge in [-0.3, -0.25) is 15.2 Å². The molecule has 1 aromatic heterocycles. The monoisotopic (exact) mass is 243 g/mol. The number of thiocarbonyl (C=S) groups is 1. The van der Waals surface area contributed by atoms with Crippen molar-refractivity contribution in [2.24, 2.45) is 10.8 Å². The zero-order valence-electron chi connectivity index (χ0n) is 7.83. The second-order valence-corrected chi connectivity index (χ2v) is 3.53. The van der Waals surface area contributed by atoms with Crippen LogP contribution in [0.15, 0.2) is 9.90 Å². The first kappa shape index (κ1) is 11.5. The van der Waals surface area contributed by atoms with Gasteiger partial charge < -0.3 is 10.7 Å². The SMILES string of the molecule is Cc1[nH]c(=S)[nH]c(=O)c1C=NNC(N)=S. The van der Waals surface area contributed by atoms with E-state index in [1.807, 2.05) is 0 Å². The van der Waals surface area contributed by atoms with E-state index in [-0.39, 0.29) is 15.4 Å². The summed E-state index contributed by atoms with van der Waals surface area (Å²) < 4.78 is 0.275. The number of nitrogens with two attached hydrogens (primary N) is 1. The topological polar surface area (TPSA) is 99.1 Å². The first-order valence-electron chi connectivity index (χ1n) is 3.92. The molecule has 0 atom stereocenters. The molecular formula is C7H9N5OS2. The van der Waals surface area contributed by atoms with Gasteiger partial charge in [-0.15, -0.1) is 0 Å². The lowest BCUT2D eigenvalue weighted by Gasteiger charge is -1.98. The number of hydrazone groups is 1. The van der Waals surface area contributed by atoms with Crippen LogP contribution < -0.4 is 16.7 Å². The number of hydrogen-bond donors (Lipinski definition) is 4. The molecule has 0 radical (unpaired) electrons. The molecule has 6 nitrogen and oxygen atoms in total. The van der Waals surface area contributed by atoms with Gasteiger partial charge in [0, 0.05) is 5.69 Å². The molecule has 1 aromatic rings. The van der Waals surface area contributed by atoms with Crippen molar-refractivity contribution >= 4 is 35.8 Å². The Bertz CT molecular complexity index is 515. The number of nitrogens with one attached hydrogen (secondary N) is 3. The fourth-order valence-corrected chi connectivity index (χ4v) is 1.22. The van der Waals surface area contributed by atoms with Crippen LogP contribution in [0.2, 0.25) is 0 Å². The molecule has 0 aliphatic carbocycles. The Hall–Kier alpha value is -1.54. The molecule has 0 aromatic carbocycles. The third kappa shape index (κ3) is 3.26. The van der Waals surface area contributed by atoms with Crippen molar-refractivity contribution in [3.05, 3.63) is 26.4 Å². The molecule has 15 heavy (non-hydrogen) atoms. The number of aromatic nitrogens is 2.